The molecule has 0 amide bonds. The molecule has 1 unspecified atom stereocenters. The second-order valence-electron chi connectivity index (χ2n) is 4.56. The van der Waals surface area contributed by atoms with Gasteiger partial charge in [-0.05, 0) is 31.2 Å². The summed E-state index contributed by atoms with van der Waals surface area (Å²) in [4.78, 5) is 3.25. The van der Waals surface area contributed by atoms with Gasteiger partial charge in [-0.15, -0.1) is 11.8 Å². The van der Waals surface area contributed by atoms with E-state index in [1.807, 2.05) is 24.5 Å². The van der Waals surface area contributed by atoms with E-state index in [4.69, 9.17) is 0 Å². The average Bonchev–Trinajstić information content (AvgIpc) is 2.35. The van der Waals surface area contributed by atoms with Crippen molar-refractivity contribution in [1.82, 2.24) is 0 Å². The molecule has 92 valence electrons. The fraction of sp³-hybridized carbons (Fsp3) is 0.500. The lowest BCUT2D eigenvalue weighted by Crippen LogP contribution is -2.33. The molecule has 0 aliphatic carbocycles. The molecule has 0 bridgehead atoms. The van der Waals surface area contributed by atoms with Gasteiger partial charge in [-0.3, -0.25) is 0 Å². The molecule has 1 atom stereocenters. The van der Waals surface area contributed by atoms with E-state index in [0.717, 1.165) is 16.1 Å². The average molecular weight is 248 g/mol. The fourth-order valence-corrected chi connectivity index (χ4v) is 2.33. The van der Waals surface area contributed by atoms with E-state index < -0.39 is 0 Å². The van der Waals surface area contributed by atoms with Crippen molar-refractivity contribution in [2.24, 2.45) is 5.92 Å². The molecule has 0 aliphatic heterocycles. The van der Waals surface area contributed by atoms with Crippen molar-refractivity contribution in [3.05, 3.63) is 23.8 Å². The van der Waals surface area contributed by atoms with Gasteiger partial charge in [-0.1, -0.05) is 19.9 Å². The van der Waals surface area contributed by atoms with Gasteiger partial charge in [0.25, 0.3) is 0 Å². The molecule has 0 saturated heterocycles. The third-order valence-electron chi connectivity index (χ3n) is 3.29. The highest BCUT2D eigenvalue weighted by molar-refractivity contribution is 7.98. The lowest BCUT2D eigenvalue weighted by molar-refractivity contribution is 0.505. The molecule has 1 aromatic carbocycles. The summed E-state index contributed by atoms with van der Waals surface area (Å²) in [5, 5.41) is 9.31. The van der Waals surface area contributed by atoms with E-state index >= 15 is 0 Å². The van der Waals surface area contributed by atoms with Crippen LogP contribution in [-0.2, 0) is 0 Å². The highest BCUT2D eigenvalue weighted by atomic mass is 32.2. The van der Waals surface area contributed by atoms with Crippen LogP contribution >= 0.6 is 11.8 Å². The Morgan fingerprint density at radius 1 is 1.29 bits per heavy atom. The van der Waals surface area contributed by atoms with Gasteiger partial charge in [0.05, 0.1) is 11.3 Å². The van der Waals surface area contributed by atoms with E-state index in [9.17, 15) is 5.26 Å². The Balaban J connectivity index is 3.18. The molecular formula is C14H20N2S. The van der Waals surface area contributed by atoms with Crippen molar-refractivity contribution in [3.8, 4) is 6.07 Å². The standard InChI is InChI=1S/C14H20N2S/c1-10(2)11(3)16(4)13-7-6-8-14(17-5)12(13)9-15/h6-8,10-11H,1-5H3. The topological polar surface area (TPSA) is 27.0 Å². The summed E-state index contributed by atoms with van der Waals surface area (Å²) in [6.45, 7) is 6.59. The summed E-state index contributed by atoms with van der Waals surface area (Å²) in [7, 11) is 2.06. The zero-order valence-corrected chi connectivity index (χ0v) is 12.0. The van der Waals surface area contributed by atoms with Crippen molar-refractivity contribution >= 4 is 17.4 Å². The summed E-state index contributed by atoms with van der Waals surface area (Å²) in [6, 6.07) is 8.79. The van der Waals surface area contributed by atoms with E-state index in [1.165, 1.54) is 0 Å². The maximum absolute atomic E-state index is 9.31. The van der Waals surface area contributed by atoms with Crippen LogP contribution in [0.3, 0.4) is 0 Å². The number of benzene rings is 1. The summed E-state index contributed by atoms with van der Waals surface area (Å²) >= 11 is 1.62. The Bertz CT molecular complexity index is 421. The minimum absolute atomic E-state index is 0.416. The van der Waals surface area contributed by atoms with Crippen LogP contribution in [0.1, 0.15) is 26.3 Å². The van der Waals surface area contributed by atoms with Gasteiger partial charge in [0.2, 0.25) is 0 Å². The Labute approximate surface area is 109 Å². The molecule has 0 heterocycles. The number of thioether (sulfide) groups is 1. The van der Waals surface area contributed by atoms with Crippen LogP contribution in [0.2, 0.25) is 0 Å². The van der Waals surface area contributed by atoms with Gasteiger partial charge in [-0.2, -0.15) is 5.26 Å². The Kier molecular flexibility index (Phi) is 4.89. The summed E-state index contributed by atoms with van der Waals surface area (Å²) in [5.74, 6) is 0.560. The first-order valence-electron chi connectivity index (χ1n) is 5.82. The van der Waals surface area contributed by atoms with Crippen molar-refractivity contribution in [2.75, 3.05) is 18.2 Å². The second-order valence-corrected chi connectivity index (χ2v) is 5.41. The van der Waals surface area contributed by atoms with E-state index in [1.54, 1.807) is 11.8 Å². The van der Waals surface area contributed by atoms with Crippen LogP contribution in [0.25, 0.3) is 0 Å². The highest BCUT2D eigenvalue weighted by Crippen LogP contribution is 2.30. The summed E-state index contributed by atoms with van der Waals surface area (Å²) in [6.07, 6.45) is 2.01. The molecule has 0 fully saturated rings. The minimum Gasteiger partial charge on any atom is -0.371 e. The Morgan fingerprint density at radius 2 is 1.94 bits per heavy atom. The maximum atomic E-state index is 9.31. The SMILES string of the molecule is CSc1cccc(N(C)C(C)C(C)C)c1C#N. The third kappa shape index (κ3) is 2.95. The molecular weight excluding hydrogens is 228 g/mol. The number of anilines is 1. The largest absolute Gasteiger partial charge is 0.371 e. The Morgan fingerprint density at radius 3 is 2.41 bits per heavy atom. The molecule has 0 aromatic heterocycles. The van der Waals surface area contributed by atoms with Crippen LogP contribution in [0.4, 0.5) is 5.69 Å². The predicted molar refractivity (Wildman–Crippen MR) is 75.6 cm³/mol. The quantitative estimate of drug-likeness (QED) is 0.759. The lowest BCUT2D eigenvalue weighted by Gasteiger charge is -2.31. The predicted octanol–water partition coefficient (Wildman–Crippen LogP) is 3.76. The molecule has 17 heavy (non-hydrogen) atoms. The number of nitrogens with zero attached hydrogens (tertiary/aromatic N) is 2. The lowest BCUT2D eigenvalue weighted by atomic mass is 10.0. The molecule has 0 spiro atoms. The first-order chi connectivity index (χ1) is 8.02. The monoisotopic (exact) mass is 248 g/mol. The molecule has 1 rings (SSSR count). The smallest absolute Gasteiger partial charge is 0.103 e. The maximum Gasteiger partial charge on any atom is 0.103 e. The van der Waals surface area contributed by atoms with Crippen LogP contribution in [0, 0.1) is 17.2 Å². The van der Waals surface area contributed by atoms with Crippen LogP contribution in [-0.4, -0.2) is 19.3 Å². The van der Waals surface area contributed by atoms with Gasteiger partial charge >= 0.3 is 0 Å². The molecule has 2 nitrogen and oxygen atoms in total. The normalized spacial score (nSPS) is 12.3. The molecule has 3 heteroatoms. The number of nitriles is 1. The molecule has 0 aliphatic rings. The minimum atomic E-state index is 0.416. The van der Waals surface area contributed by atoms with Gasteiger partial charge in [0, 0.05) is 18.0 Å². The molecule has 0 N–H and O–H groups in total. The van der Waals surface area contributed by atoms with Crippen LogP contribution in [0.5, 0.6) is 0 Å². The molecule has 0 saturated carbocycles. The first kappa shape index (κ1) is 13.9. The first-order valence-corrected chi connectivity index (χ1v) is 7.05. The number of rotatable bonds is 4. The zero-order valence-electron chi connectivity index (χ0n) is 11.2. The van der Waals surface area contributed by atoms with E-state index in [-0.39, 0.29) is 0 Å². The van der Waals surface area contributed by atoms with Gasteiger partial charge in [0.15, 0.2) is 0 Å². The highest BCUT2D eigenvalue weighted by Gasteiger charge is 2.17. The van der Waals surface area contributed by atoms with Crippen molar-refractivity contribution in [2.45, 2.75) is 31.7 Å². The number of hydrogen-bond donors (Lipinski definition) is 0. The summed E-state index contributed by atoms with van der Waals surface area (Å²) < 4.78 is 0. The van der Waals surface area contributed by atoms with Gasteiger partial charge in [0.1, 0.15) is 6.07 Å². The fourth-order valence-electron chi connectivity index (χ4n) is 1.76. The Hall–Kier alpha value is -1.14. The van der Waals surface area contributed by atoms with Crippen molar-refractivity contribution in [1.29, 1.82) is 5.26 Å². The third-order valence-corrected chi connectivity index (χ3v) is 4.07. The van der Waals surface area contributed by atoms with Crippen molar-refractivity contribution < 1.29 is 0 Å². The van der Waals surface area contributed by atoms with Crippen molar-refractivity contribution in [3.63, 3.8) is 0 Å². The molecule has 0 radical (unpaired) electrons. The van der Waals surface area contributed by atoms with Gasteiger partial charge < -0.3 is 4.90 Å². The van der Waals surface area contributed by atoms with Crippen LogP contribution < -0.4 is 4.90 Å². The van der Waals surface area contributed by atoms with E-state index in [0.29, 0.717) is 12.0 Å². The zero-order chi connectivity index (χ0) is 13.0. The number of hydrogen-bond acceptors (Lipinski definition) is 3. The molecule has 1 aromatic rings. The van der Waals surface area contributed by atoms with E-state index in [2.05, 4.69) is 38.8 Å². The van der Waals surface area contributed by atoms with Gasteiger partial charge in [-0.25, -0.2) is 0 Å². The second kappa shape index (κ2) is 5.97. The summed E-state index contributed by atoms with van der Waals surface area (Å²) in [5.41, 5.74) is 1.82. The van der Waals surface area contributed by atoms with Crippen LogP contribution in [0.15, 0.2) is 23.1 Å².